The van der Waals surface area contributed by atoms with Gasteiger partial charge in [0.1, 0.15) is 5.82 Å². The highest BCUT2D eigenvalue weighted by Gasteiger charge is 2.31. The van der Waals surface area contributed by atoms with Crippen LogP contribution in [-0.4, -0.2) is 50.9 Å². The Morgan fingerprint density at radius 2 is 2.12 bits per heavy atom. The molecule has 2 aliphatic rings. The van der Waals surface area contributed by atoms with Crippen LogP contribution in [0.1, 0.15) is 24.8 Å². The van der Waals surface area contributed by atoms with Gasteiger partial charge < -0.3 is 9.47 Å². The molecule has 2 aliphatic heterocycles. The topological polar surface area (TPSA) is 55.8 Å². The van der Waals surface area contributed by atoms with Gasteiger partial charge in [-0.25, -0.2) is 12.8 Å². The predicted molar refractivity (Wildman–Crippen MR) is 88.5 cm³/mol. The quantitative estimate of drug-likeness (QED) is 0.750. The van der Waals surface area contributed by atoms with Crippen LogP contribution in [0.25, 0.3) is 0 Å². The van der Waals surface area contributed by atoms with Crippen molar-refractivity contribution in [1.82, 2.24) is 4.31 Å². The highest BCUT2D eigenvalue weighted by atomic mass is 32.2. The average molecular weight is 357 g/mol. The van der Waals surface area contributed by atoms with Crippen LogP contribution in [0.4, 0.5) is 4.39 Å². The lowest BCUT2D eigenvalue weighted by molar-refractivity contribution is 0.0924. The number of ether oxygens (including phenoxy) is 2. The first-order valence-electron chi connectivity index (χ1n) is 8.44. The maximum absolute atomic E-state index is 13.4. The molecule has 7 heteroatoms. The lowest BCUT2D eigenvalue weighted by atomic mass is 10.2. The van der Waals surface area contributed by atoms with Gasteiger partial charge in [-0.3, -0.25) is 0 Å². The minimum atomic E-state index is -3.45. The molecule has 1 aromatic rings. The van der Waals surface area contributed by atoms with Crippen molar-refractivity contribution in [1.29, 1.82) is 0 Å². The molecule has 2 heterocycles. The molecule has 0 amide bonds. The van der Waals surface area contributed by atoms with Gasteiger partial charge in [-0.05, 0) is 42.9 Å². The fraction of sp³-hybridized carbons (Fsp3) is 0.647. The van der Waals surface area contributed by atoms with Gasteiger partial charge in [-0.15, -0.1) is 0 Å². The SMILES string of the molecule is O=S(=O)(CC1CCOC1)N(Cc1cccc(F)c1)CC1CCCO1. The summed E-state index contributed by atoms with van der Waals surface area (Å²) < 4.78 is 51.6. The zero-order chi connectivity index (χ0) is 17.0. The van der Waals surface area contributed by atoms with Crippen LogP contribution in [-0.2, 0) is 26.0 Å². The third-order valence-electron chi connectivity index (χ3n) is 4.54. The Balaban J connectivity index is 1.74. The minimum Gasteiger partial charge on any atom is -0.381 e. The fourth-order valence-electron chi connectivity index (χ4n) is 3.25. The van der Waals surface area contributed by atoms with E-state index in [1.54, 1.807) is 12.1 Å². The molecule has 0 bridgehead atoms. The largest absolute Gasteiger partial charge is 0.381 e. The van der Waals surface area contributed by atoms with Crippen molar-refractivity contribution in [3.05, 3.63) is 35.6 Å². The minimum absolute atomic E-state index is 0.0366. The van der Waals surface area contributed by atoms with E-state index in [1.165, 1.54) is 16.4 Å². The van der Waals surface area contributed by atoms with Gasteiger partial charge in [0.05, 0.1) is 18.5 Å². The van der Waals surface area contributed by atoms with E-state index < -0.39 is 10.0 Å². The standard InChI is InChI=1S/C17H24FNO4S/c18-16-4-1-3-14(9-16)10-19(11-17-5-2-7-23-17)24(20,21)13-15-6-8-22-12-15/h1,3-4,9,15,17H,2,5-8,10-13H2. The Kier molecular flexibility index (Phi) is 5.86. The molecular weight excluding hydrogens is 333 g/mol. The van der Waals surface area contributed by atoms with E-state index in [2.05, 4.69) is 0 Å². The van der Waals surface area contributed by atoms with Crippen molar-refractivity contribution in [2.45, 2.75) is 31.9 Å². The van der Waals surface area contributed by atoms with Crippen LogP contribution in [0.2, 0.25) is 0 Å². The summed E-state index contributed by atoms with van der Waals surface area (Å²) in [5.41, 5.74) is 0.652. The van der Waals surface area contributed by atoms with E-state index in [0.717, 1.165) is 19.3 Å². The second kappa shape index (κ2) is 7.91. The number of halogens is 1. The summed E-state index contributed by atoms with van der Waals surface area (Å²) in [6.45, 7) is 2.29. The number of hydrogen-bond donors (Lipinski definition) is 0. The van der Waals surface area contributed by atoms with Gasteiger partial charge in [-0.1, -0.05) is 12.1 Å². The molecule has 134 valence electrons. The van der Waals surface area contributed by atoms with Gasteiger partial charge in [0.2, 0.25) is 10.0 Å². The summed E-state index contributed by atoms with van der Waals surface area (Å²) in [7, 11) is -3.45. The highest BCUT2D eigenvalue weighted by Crippen LogP contribution is 2.22. The molecule has 24 heavy (non-hydrogen) atoms. The van der Waals surface area contributed by atoms with E-state index in [4.69, 9.17) is 9.47 Å². The van der Waals surface area contributed by atoms with E-state index in [-0.39, 0.29) is 30.1 Å². The number of sulfonamides is 1. The van der Waals surface area contributed by atoms with Crippen molar-refractivity contribution in [2.24, 2.45) is 5.92 Å². The van der Waals surface area contributed by atoms with Crippen LogP contribution in [0.3, 0.4) is 0 Å². The zero-order valence-corrected chi connectivity index (χ0v) is 14.5. The Labute approximate surface area is 142 Å². The lowest BCUT2D eigenvalue weighted by Crippen LogP contribution is -2.39. The summed E-state index contributed by atoms with van der Waals surface area (Å²) in [6.07, 6.45) is 2.51. The lowest BCUT2D eigenvalue weighted by Gasteiger charge is -2.26. The van der Waals surface area contributed by atoms with E-state index >= 15 is 0 Å². The molecular formula is C17H24FNO4S. The van der Waals surface area contributed by atoms with Crippen molar-refractivity contribution < 1.29 is 22.3 Å². The van der Waals surface area contributed by atoms with E-state index in [9.17, 15) is 12.8 Å². The van der Waals surface area contributed by atoms with Gasteiger partial charge >= 0.3 is 0 Å². The average Bonchev–Trinajstić information content (AvgIpc) is 3.20. The normalized spacial score (nSPS) is 24.8. The van der Waals surface area contributed by atoms with Crippen LogP contribution in [0.5, 0.6) is 0 Å². The summed E-state index contributed by atoms with van der Waals surface area (Å²) in [5.74, 6) is -0.240. The summed E-state index contributed by atoms with van der Waals surface area (Å²) in [4.78, 5) is 0. The Morgan fingerprint density at radius 1 is 1.25 bits per heavy atom. The number of benzene rings is 1. The third kappa shape index (κ3) is 4.75. The van der Waals surface area contributed by atoms with E-state index in [1.807, 2.05) is 0 Å². The van der Waals surface area contributed by atoms with Crippen LogP contribution in [0.15, 0.2) is 24.3 Å². The molecule has 0 saturated carbocycles. The van der Waals surface area contributed by atoms with E-state index in [0.29, 0.717) is 31.9 Å². The molecule has 5 nitrogen and oxygen atoms in total. The molecule has 2 atom stereocenters. The number of hydrogen-bond acceptors (Lipinski definition) is 4. The Bertz CT molecular complexity index is 640. The number of rotatable bonds is 7. The molecule has 0 aliphatic carbocycles. The van der Waals surface area contributed by atoms with Crippen LogP contribution >= 0.6 is 0 Å². The predicted octanol–water partition coefficient (Wildman–Crippen LogP) is 2.17. The molecule has 2 saturated heterocycles. The molecule has 2 unspecified atom stereocenters. The van der Waals surface area contributed by atoms with Crippen molar-refractivity contribution in [2.75, 3.05) is 32.1 Å². The van der Waals surface area contributed by atoms with Gasteiger partial charge in [0, 0.05) is 26.3 Å². The summed E-state index contributed by atoms with van der Waals surface area (Å²) in [5, 5.41) is 0. The van der Waals surface area contributed by atoms with Crippen molar-refractivity contribution >= 4 is 10.0 Å². The maximum atomic E-state index is 13.4. The first-order valence-corrected chi connectivity index (χ1v) is 10.1. The monoisotopic (exact) mass is 357 g/mol. The molecule has 0 N–H and O–H groups in total. The van der Waals surface area contributed by atoms with Crippen molar-refractivity contribution in [3.8, 4) is 0 Å². The van der Waals surface area contributed by atoms with Crippen molar-refractivity contribution in [3.63, 3.8) is 0 Å². The van der Waals surface area contributed by atoms with Crippen LogP contribution in [0, 0.1) is 11.7 Å². The first-order chi connectivity index (χ1) is 11.5. The summed E-state index contributed by atoms with van der Waals surface area (Å²) >= 11 is 0. The van der Waals surface area contributed by atoms with Gasteiger partial charge in [-0.2, -0.15) is 4.31 Å². The third-order valence-corrected chi connectivity index (χ3v) is 6.50. The Hall–Kier alpha value is -1.02. The molecule has 0 radical (unpaired) electrons. The smallest absolute Gasteiger partial charge is 0.214 e. The number of nitrogens with zero attached hydrogens (tertiary/aromatic N) is 1. The van der Waals surface area contributed by atoms with Gasteiger partial charge in [0.25, 0.3) is 0 Å². The molecule has 0 spiro atoms. The zero-order valence-electron chi connectivity index (χ0n) is 13.7. The summed E-state index contributed by atoms with van der Waals surface area (Å²) in [6, 6.07) is 6.10. The second-order valence-corrected chi connectivity index (χ2v) is 8.58. The molecule has 1 aromatic carbocycles. The first kappa shape index (κ1) is 17.8. The van der Waals surface area contributed by atoms with Crippen LogP contribution < -0.4 is 0 Å². The fourth-order valence-corrected chi connectivity index (χ4v) is 5.06. The van der Waals surface area contributed by atoms with Gasteiger partial charge in [0.15, 0.2) is 0 Å². The second-order valence-electron chi connectivity index (χ2n) is 6.57. The molecule has 2 fully saturated rings. The molecule has 0 aromatic heterocycles. The highest BCUT2D eigenvalue weighted by molar-refractivity contribution is 7.89. The maximum Gasteiger partial charge on any atom is 0.214 e. The molecule has 3 rings (SSSR count). The Morgan fingerprint density at radius 3 is 2.79 bits per heavy atom.